The standard InChI is InChI=1S/C2H4O3.Ag/c3-1-2(4)5;/h3H,1H2,(H,4,5);/q;+1/p-1. The fourth-order valence-electron chi connectivity index (χ4n) is 0. The molecule has 0 bridgehead atoms. The van der Waals surface area contributed by atoms with E-state index in [-0.39, 0.29) is 22.4 Å². The summed E-state index contributed by atoms with van der Waals surface area (Å²) in [6, 6.07) is 0. The van der Waals surface area contributed by atoms with Crippen LogP contribution in [-0.2, 0) is 27.2 Å². The van der Waals surface area contributed by atoms with Gasteiger partial charge in [0.2, 0.25) is 0 Å². The van der Waals surface area contributed by atoms with Gasteiger partial charge in [0.1, 0.15) is 0 Å². The van der Waals surface area contributed by atoms with Crippen LogP contribution in [0.25, 0.3) is 0 Å². The summed E-state index contributed by atoms with van der Waals surface area (Å²) in [4.78, 5) is 9.01. The molecular formula is C2H3AgO3. The Bertz CT molecular complexity index is 44.1. The number of aliphatic hydroxyl groups excluding tert-OH is 1. The van der Waals surface area contributed by atoms with Crippen molar-refractivity contribution in [3.05, 3.63) is 0 Å². The third kappa shape index (κ3) is 8.90. The summed E-state index contributed by atoms with van der Waals surface area (Å²) in [5, 5.41) is 16.5. The first kappa shape index (κ1) is 9.48. The van der Waals surface area contributed by atoms with Crippen LogP contribution in [0.3, 0.4) is 0 Å². The van der Waals surface area contributed by atoms with Crippen molar-refractivity contribution in [2.24, 2.45) is 0 Å². The van der Waals surface area contributed by atoms with Gasteiger partial charge in [-0.3, -0.25) is 0 Å². The number of carboxylic acid groups (broad SMARTS) is 1. The summed E-state index contributed by atoms with van der Waals surface area (Å²) in [7, 11) is 0. The molecule has 0 aliphatic heterocycles. The number of carboxylic acids is 1. The van der Waals surface area contributed by atoms with Gasteiger partial charge in [-0.2, -0.15) is 0 Å². The largest absolute Gasteiger partial charge is 1.00 e. The molecule has 4 heteroatoms. The number of rotatable bonds is 1. The predicted octanol–water partition coefficient (Wildman–Crippen LogP) is -2.27. The molecular weight excluding hydrogens is 180 g/mol. The average molecular weight is 183 g/mol. The minimum absolute atomic E-state index is 0. The Hall–Kier alpha value is 0.170. The molecule has 0 atom stereocenters. The SMILES string of the molecule is O=C([O-])CO.[Ag+]. The monoisotopic (exact) mass is 182 g/mol. The molecule has 0 aliphatic rings. The predicted molar refractivity (Wildman–Crippen MR) is 12.1 cm³/mol. The molecule has 0 heterocycles. The van der Waals surface area contributed by atoms with Gasteiger partial charge in [-0.05, 0) is 0 Å². The van der Waals surface area contributed by atoms with E-state index in [9.17, 15) is 0 Å². The van der Waals surface area contributed by atoms with E-state index >= 15 is 0 Å². The van der Waals surface area contributed by atoms with E-state index in [2.05, 4.69) is 0 Å². The van der Waals surface area contributed by atoms with E-state index < -0.39 is 12.6 Å². The fourth-order valence-corrected chi connectivity index (χ4v) is 0. The van der Waals surface area contributed by atoms with Gasteiger partial charge in [-0.15, -0.1) is 0 Å². The second-order valence-corrected chi connectivity index (χ2v) is 0.530. The van der Waals surface area contributed by atoms with Crippen LogP contribution in [0, 0.1) is 0 Å². The summed E-state index contributed by atoms with van der Waals surface area (Å²) in [5.41, 5.74) is 0. The molecule has 6 heavy (non-hydrogen) atoms. The van der Waals surface area contributed by atoms with Crippen molar-refractivity contribution in [2.75, 3.05) is 6.61 Å². The fraction of sp³-hybridized carbons (Fsp3) is 0.500. The first-order valence-corrected chi connectivity index (χ1v) is 1.08. The van der Waals surface area contributed by atoms with E-state index in [1.165, 1.54) is 0 Å². The van der Waals surface area contributed by atoms with Crippen molar-refractivity contribution in [3.8, 4) is 0 Å². The van der Waals surface area contributed by atoms with E-state index in [0.717, 1.165) is 0 Å². The molecule has 0 amide bonds. The number of hydrogen-bond donors (Lipinski definition) is 1. The molecule has 0 aliphatic carbocycles. The summed E-state index contributed by atoms with van der Waals surface area (Å²) < 4.78 is 0. The average Bonchev–Trinajstić information content (AvgIpc) is 1.38. The zero-order valence-electron chi connectivity index (χ0n) is 2.77. The quantitative estimate of drug-likeness (QED) is 0.466. The van der Waals surface area contributed by atoms with Crippen molar-refractivity contribution < 1.29 is 37.4 Å². The smallest absolute Gasteiger partial charge is 0.548 e. The maximum absolute atomic E-state index is 9.01. The summed E-state index contributed by atoms with van der Waals surface area (Å²) in [5.74, 6) is -1.44. The van der Waals surface area contributed by atoms with Crippen LogP contribution in [0.4, 0.5) is 0 Å². The molecule has 0 fully saturated rings. The maximum Gasteiger partial charge on any atom is 1.00 e. The van der Waals surface area contributed by atoms with Crippen LogP contribution < -0.4 is 5.11 Å². The Morgan fingerprint density at radius 2 is 2.00 bits per heavy atom. The molecule has 0 aromatic carbocycles. The minimum Gasteiger partial charge on any atom is -0.548 e. The first-order valence-electron chi connectivity index (χ1n) is 1.08. The van der Waals surface area contributed by atoms with E-state index in [4.69, 9.17) is 15.0 Å². The second kappa shape index (κ2) is 5.17. The van der Waals surface area contributed by atoms with Gasteiger partial charge < -0.3 is 15.0 Å². The number of aliphatic carboxylic acids is 1. The third-order valence-corrected chi connectivity index (χ3v) is 0.129. The third-order valence-electron chi connectivity index (χ3n) is 0.129. The van der Waals surface area contributed by atoms with Crippen LogP contribution in [0.1, 0.15) is 0 Å². The van der Waals surface area contributed by atoms with Crippen molar-refractivity contribution >= 4 is 5.97 Å². The van der Waals surface area contributed by atoms with Gasteiger partial charge in [0.05, 0.1) is 12.6 Å². The molecule has 3 nitrogen and oxygen atoms in total. The number of carbonyl (C=O) groups is 1. The van der Waals surface area contributed by atoms with Crippen molar-refractivity contribution in [1.82, 2.24) is 0 Å². The Morgan fingerprint density at radius 1 is 1.83 bits per heavy atom. The number of hydrogen-bond acceptors (Lipinski definition) is 3. The van der Waals surface area contributed by atoms with Gasteiger partial charge in [-0.1, -0.05) is 0 Å². The van der Waals surface area contributed by atoms with Crippen molar-refractivity contribution in [3.63, 3.8) is 0 Å². The van der Waals surface area contributed by atoms with Crippen molar-refractivity contribution in [2.45, 2.75) is 0 Å². The first-order chi connectivity index (χ1) is 2.27. The topological polar surface area (TPSA) is 60.4 Å². The Kier molecular flexibility index (Phi) is 8.17. The summed E-state index contributed by atoms with van der Waals surface area (Å²) >= 11 is 0. The van der Waals surface area contributed by atoms with E-state index in [1.54, 1.807) is 0 Å². The van der Waals surface area contributed by atoms with Crippen LogP contribution in [0.2, 0.25) is 0 Å². The van der Waals surface area contributed by atoms with Crippen LogP contribution in [0.5, 0.6) is 0 Å². The molecule has 0 spiro atoms. The number of carbonyl (C=O) groups excluding carboxylic acids is 1. The molecule has 0 saturated heterocycles. The molecule has 1 N–H and O–H groups in total. The van der Waals surface area contributed by atoms with Gasteiger partial charge >= 0.3 is 22.4 Å². The zero-order valence-corrected chi connectivity index (χ0v) is 4.25. The summed E-state index contributed by atoms with van der Waals surface area (Å²) in [6.45, 7) is -0.889. The molecule has 0 radical (unpaired) electrons. The molecule has 40 valence electrons. The molecule has 0 aromatic heterocycles. The van der Waals surface area contributed by atoms with Crippen LogP contribution in [0.15, 0.2) is 0 Å². The Morgan fingerprint density at radius 3 is 2.00 bits per heavy atom. The minimum atomic E-state index is -1.44. The Labute approximate surface area is 50.5 Å². The molecule has 0 aromatic rings. The Balaban J connectivity index is 0. The van der Waals surface area contributed by atoms with E-state index in [1.807, 2.05) is 0 Å². The normalized spacial score (nSPS) is 6.17. The van der Waals surface area contributed by atoms with Gasteiger partial charge in [0, 0.05) is 0 Å². The molecule has 0 unspecified atom stereocenters. The number of aliphatic hydroxyl groups is 1. The molecule has 0 saturated carbocycles. The van der Waals surface area contributed by atoms with Gasteiger partial charge in [0.15, 0.2) is 0 Å². The van der Waals surface area contributed by atoms with Gasteiger partial charge in [-0.25, -0.2) is 0 Å². The zero-order chi connectivity index (χ0) is 4.28. The second-order valence-electron chi connectivity index (χ2n) is 0.530. The van der Waals surface area contributed by atoms with Crippen LogP contribution >= 0.6 is 0 Å². The molecule has 0 rings (SSSR count). The maximum atomic E-state index is 9.01. The van der Waals surface area contributed by atoms with Crippen LogP contribution in [-0.4, -0.2) is 17.7 Å². The van der Waals surface area contributed by atoms with E-state index in [0.29, 0.717) is 0 Å². The van der Waals surface area contributed by atoms with Crippen molar-refractivity contribution in [1.29, 1.82) is 0 Å². The van der Waals surface area contributed by atoms with Gasteiger partial charge in [0.25, 0.3) is 0 Å². The summed E-state index contributed by atoms with van der Waals surface area (Å²) in [6.07, 6.45) is 0.